The van der Waals surface area contributed by atoms with E-state index in [4.69, 9.17) is 41.0 Å². The summed E-state index contributed by atoms with van der Waals surface area (Å²) >= 11 is 2.58. The number of anilines is 2. The number of carbonyl (C=O) groups excluding carboxylic acids is 6. The number of nitrogens with zero attached hydrogens (tertiary/aromatic N) is 7. The number of carboxylic acids is 4. The smallest absolute Gasteiger partial charge is 0.323 e. The fraction of sp³-hybridized carbons (Fsp3) is 0.221. The number of aromatic nitrogens is 2. The molecule has 0 unspecified atom stereocenters. The molecule has 2 aromatic heterocycles. The van der Waals surface area contributed by atoms with Crippen molar-refractivity contribution in [2.24, 2.45) is 16.0 Å². The number of aromatic hydroxyl groups is 1. The number of aliphatic carboxylic acids is 4. The van der Waals surface area contributed by atoms with Gasteiger partial charge in [-0.05, 0) is 84.3 Å². The molecule has 0 atom stereocenters. The molecule has 506 valence electrons. The van der Waals surface area contributed by atoms with Crippen LogP contribution in [-0.4, -0.2) is 167 Å². The number of ketones is 3. The Morgan fingerprint density at radius 3 is 1.95 bits per heavy atom. The molecule has 28 nitrogen and oxygen atoms in total. The summed E-state index contributed by atoms with van der Waals surface area (Å²) in [6, 6.07) is 29.7. The molecule has 0 bridgehead atoms. The number of Topliss-reactive ketones (excluding diaryl/α,β-unsaturated/α-hetero) is 3. The number of nitrogens with one attached hydrogen (secondary N) is 1. The largest absolute Gasteiger partial charge is 0.508 e. The van der Waals surface area contributed by atoms with Gasteiger partial charge in [0.2, 0.25) is 5.13 Å². The van der Waals surface area contributed by atoms with Crippen LogP contribution in [0.25, 0.3) is 28.3 Å². The van der Waals surface area contributed by atoms with E-state index in [0.717, 1.165) is 28.1 Å². The predicted octanol–water partition coefficient (Wildman–Crippen LogP) is 9.37. The van der Waals surface area contributed by atoms with Crippen molar-refractivity contribution in [3.8, 4) is 5.75 Å². The molecule has 0 radical (unpaired) electrons. The minimum Gasteiger partial charge on any atom is -0.508 e. The lowest BCUT2D eigenvalue weighted by Crippen LogP contribution is -2.39. The number of hydrogen-bond acceptors (Lipinski definition) is 24. The molecule has 7 aromatic rings. The highest BCUT2D eigenvalue weighted by Gasteiger charge is 2.40. The van der Waals surface area contributed by atoms with Gasteiger partial charge in [-0.1, -0.05) is 66.4 Å². The SMILES string of the molecule is CC(=O)OCCN(CCOC(C)=O)c1ccc(N=Nc2nc(CSC(=N)N)cs2)c(C)c1.O=C(O)CCN(CCC(=O)O)c1cccc2c1C(=O)C(=C1Cc3ccccc3C=C1O)C2=O.O=C(O)CN(CC(=O)O)C(=O)c1ccc2c(c1)C(O)=C(c1nc3ccccc3cc1O)C2=O. The Bertz CT molecular complexity index is 4470. The minimum atomic E-state index is -1.40. The topological polar surface area (TPSA) is 441 Å². The van der Waals surface area contributed by atoms with E-state index in [9.17, 15) is 63.3 Å². The van der Waals surface area contributed by atoms with Crippen molar-refractivity contribution in [2.75, 3.05) is 62.3 Å². The first-order valence-electron chi connectivity index (χ1n) is 29.7. The summed E-state index contributed by atoms with van der Waals surface area (Å²) in [5.74, 6) is -8.66. The fourth-order valence-electron chi connectivity index (χ4n) is 10.5. The first-order chi connectivity index (χ1) is 46.7. The standard InChI is InChI=1S/C25H21NO7.C23H16N2O8.C20H26N6O4S2/c27-19-13-15-5-2-1-4-14(15)12-17(19)23-24(32)16-6-3-7-18(22(16)25(23)33)26(10-8-20(28)29)11-9-21(30)31;26-16-8-11-3-1-2-4-15(11)24-20(16)19-21(31)13-6-5-12(7-14(13)22(19)32)23(33)25(9-17(27)28)10-18(29)30;1-13-10-17(26(6-8-29-14(2)27)7-9-30-15(3)28)4-5-18(13)24-25-20-23-16(12-32-20)11-31-19(21)22/h1-7,13,27H,8-12H2,(H,28,29)(H,30,31);1-8,26,32H,9-10H2,(H,27,28)(H,29,30);4-5,10,12H,6-9,11H2,1-3H3,(H3,21,22). The third kappa shape index (κ3) is 18.1. The number of carboxylic acid groups (broad SMARTS) is 4. The molecule has 0 fully saturated rings. The maximum absolute atomic E-state index is 13.5. The zero-order chi connectivity index (χ0) is 71.1. The quantitative estimate of drug-likeness (QED) is 0.00679. The van der Waals surface area contributed by atoms with Gasteiger partial charge < -0.3 is 65.7 Å². The number of amides is 1. The van der Waals surface area contributed by atoms with Crippen LogP contribution in [0.4, 0.5) is 22.2 Å². The molecule has 0 saturated heterocycles. The highest BCUT2D eigenvalue weighted by atomic mass is 32.2. The molecule has 0 spiro atoms. The van der Waals surface area contributed by atoms with Gasteiger partial charge in [0.1, 0.15) is 49.3 Å². The predicted molar refractivity (Wildman–Crippen MR) is 361 cm³/mol. The Morgan fingerprint density at radius 1 is 0.673 bits per heavy atom. The molecule has 3 aliphatic carbocycles. The third-order valence-electron chi connectivity index (χ3n) is 15.0. The van der Waals surface area contributed by atoms with Gasteiger partial charge >= 0.3 is 35.8 Å². The maximum Gasteiger partial charge on any atom is 0.323 e. The maximum atomic E-state index is 13.5. The highest BCUT2D eigenvalue weighted by molar-refractivity contribution is 8.13. The molecule has 1 amide bonds. The van der Waals surface area contributed by atoms with Crippen molar-refractivity contribution in [3.63, 3.8) is 0 Å². The van der Waals surface area contributed by atoms with Crippen LogP contribution in [0.1, 0.15) is 102 Å². The van der Waals surface area contributed by atoms with Crippen LogP contribution in [0, 0.1) is 12.3 Å². The number of thiazole rings is 1. The fourth-order valence-corrected chi connectivity index (χ4v) is 11.7. The Balaban J connectivity index is 0.000000188. The van der Waals surface area contributed by atoms with Crippen molar-refractivity contribution >= 4 is 138 Å². The highest BCUT2D eigenvalue weighted by Crippen LogP contribution is 2.42. The second kappa shape index (κ2) is 32.5. The molecular weight excluding hydrogens is 1310 g/mol. The lowest BCUT2D eigenvalue weighted by Gasteiger charge is -2.25. The number of hydrogen-bond donors (Lipinski definition) is 9. The van der Waals surface area contributed by atoms with Crippen molar-refractivity contribution in [1.82, 2.24) is 14.9 Å². The van der Waals surface area contributed by atoms with Gasteiger partial charge in [-0.25, -0.2) is 9.97 Å². The molecule has 0 aliphatic heterocycles. The van der Waals surface area contributed by atoms with E-state index < -0.39 is 66.0 Å². The Kier molecular flexibility index (Phi) is 23.8. The minimum absolute atomic E-state index is 0.0131. The zero-order valence-corrected chi connectivity index (χ0v) is 54.2. The van der Waals surface area contributed by atoms with Crippen LogP contribution in [0.5, 0.6) is 5.75 Å². The first-order valence-corrected chi connectivity index (χ1v) is 31.6. The number of aliphatic hydroxyl groups excluding tert-OH is 2. The summed E-state index contributed by atoms with van der Waals surface area (Å²) in [6.07, 6.45) is 1.22. The molecule has 30 heteroatoms. The number of nitrogens with two attached hydrogens (primary N) is 1. The van der Waals surface area contributed by atoms with Crippen molar-refractivity contribution in [2.45, 2.75) is 45.8 Å². The molecular formula is C68H63N9O19S2. The molecule has 3 aliphatic rings. The zero-order valence-electron chi connectivity index (χ0n) is 52.6. The number of ether oxygens (including phenoxy) is 2. The van der Waals surface area contributed by atoms with Crippen LogP contribution in [-0.2, 0) is 50.4 Å². The number of esters is 2. The van der Waals surface area contributed by atoms with Crippen molar-refractivity contribution in [3.05, 3.63) is 187 Å². The number of aliphatic hydroxyl groups is 2. The van der Waals surface area contributed by atoms with Crippen LogP contribution in [0.3, 0.4) is 0 Å². The van der Waals surface area contributed by atoms with Gasteiger partial charge in [0, 0.05) is 89.1 Å². The van der Waals surface area contributed by atoms with E-state index in [-0.39, 0.29) is 124 Å². The number of allylic oxidation sites excluding steroid dienone is 3. The van der Waals surface area contributed by atoms with Crippen LogP contribution < -0.4 is 15.5 Å². The van der Waals surface area contributed by atoms with Gasteiger partial charge in [0.05, 0.1) is 59.5 Å². The van der Waals surface area contributed by atoms with Crippen molar-refractivity contribution in [1.29, 1.82) is 5.41 Å². The number of pyridine rings is 1. The van der Waals surface area contributed by atoms with Gasteiger partial charge in [-0.15, -0.1) is 21.6 Å². The van der Waals surface area contributed by atoms with Crippen LogP contribution in [0.2, 0.25) is 0 Å². The van der Waals surface area contributed by atoms with E-state index in [1.807, 2.05) is 59.7 Å². The van der Waals surface area contributed by atoms with E-state index in [2.05, 4.69) is 20.2 Å². The van der Waals surface area contributed by atoms with Crippen LogP contribution in [0.15, 0.2) is 142 Å². The van der Waals surface area contributed by atoms with Gasteiger partial charge in [-0.2, -0.15) is 0 Å². The monoisotopic (exact) mass is 1370 g/mol. The van der Waals surface area contributed by atoms with Crippen LogP contribution >= 0.6 is 23.1 Å². The number of fused-ring (bicyclic) bond motifs is 4. The Labute approximate surface area is 565 Å². The molecule has 98 heavy (non-hydrogen) atoms. The summed E-state index contributed by atoms with van der Waals surface area (Å²) in [7, 11) is 0. The number of carbonyl (C=O) groups is 10. The molecule has 2 heterocycles. The number of thioether (sulfide) groups is 1. The Hall–Kier alpha value is -11.9. The van der Waals surface area contributed by atoms with E-state index in [1.165, 1.54) is 78.3 Å². The summed E-state index contributed by atoms with van der Waals surface area (Å²) < 4.78 is 10.1. The lowest BCUT2D eigenvalue weighted by atomic mass is 9.88. The summed E-state index contributed by atoms with van der Waals surface area (Å²) in [5, 5.41) is 86.8. The average Bonchev–Trinajstić information content (AvgIpc) is 1.60. The average molecular weight is 1370 g/mol. The van der Waals surface area contributed by atoms with Gasteiger partial charge in [0.25, 0.3) is 5.91 Å². The number of benzene rings is 5. The molecule has 10 N–H and O–H groups in total. The van der Waals surface area contributed by atoms with Gasteiger partial charge in [0.15, 0.2) is 22.5 Å². The second-order valence-corrected chi connectivity index (χ2v) is 23.7. The third-order valence-corrected chi connectivity index (χ3v) is 16.5. The molecule has 10 rings (SSSR count). The summed E-state index contributed by atoms with van der Waals surface area (Å²) in [4.78, 5) is 132. The van der Waals surface area contributed by atoms with Crippen molar-refractivity contribution < 1.29 is 93.2 Å². The molecule has 5 aromatic carbocycles. The first kappa shape index (κ1) is 71.9. The normalized spacial score (nSPS) is 13.5. The lowest BCUT2D eigenvalue weighted by molar-refractivity contribution is -0.142. The summed E-state index contributed by atoms with van der Waals surface area (Å²) in [5.41, 5.74) is 11.1. The number of rotatable bonds is 24. The number of azo groups is 1. The molecule has 0 saturated carbocycles. The van der Waals surface area contributed by atoms with E-state index in [0.29, 0.717) is 51.2 Å². The Morgan fingerprint density at radius 2 is 1.32 bits per heavy atom. The summed E-state index contributed by atoms with van der Waals surface area (Å²) in [6.45, 7) is 4.28. The number of aryl methyl sites for hydroxylation is 1. The van der Waals surface area contributed by atoms with Gasteiger partial charge in [-0.3, -0.25) is 53.4 Å². The van der Waals surface area contributed by atoms with E-state index >= 15 is 0 Å². The number of para-hydroxylation sites is 1. The van der Waals surface area contributed by atoms with E-state index in [1.54, 1.807) is 36.4 Å². The number of amidine groups is 1. The second-order valence-electron chi connectivity index (χ2n) is 21.8.